The van der Waals surface area contributed by atoms with Crippen LogP contribution in [0.2, 0.25) is 0 Å². The van der Waals surface area contributed by atoms with Gasteiger partial charge in [-0.2, -0.15) is 0 Å². The highest BCUT2D eigenvalue weighted by Gasteiger charge is 2.22. The molecule has 1 aliphatic heterocycles. The van der Waals surface area contributed by atoms with Crippen molar-refractivity contribution in [2.24, 2.45) is 5.73 Å². The Labute approximate surface area is 88.8 Å². The molecule has 0 radical (unpaired) electrons. The molecule has 84 valence electrons. The van der Waals surface area contributed by atoms with Gasteiger partial charge in [0.15, 0.2) is 0 Å². The predicted molar refractivity (Wildman–Crippen MR) is 62.4 cm³/mol. The van der Waals surface area contributed by atoms with Gasteiger partial charge in [-0.1, -0.05) is 26.2 Å². The van der Waals surface area contributed by atoms with E-state index in [2.05, 4.69) is 18.7 Å². The Balaban J connectivity index is 2.51. The molecule has 14 heavy (non-hydrogen) atoms. The SMILES string of the molecule is CCCC(CN)N1CCCCCC1C. The summed E-state index contributed by atoms with van der Waals surface area (Å²) in [6, 6.07) is 1.38. The van der Waals surface area contributed by atoms with Crippen LogP contribution >= 0.6 is 0 Å². The summed E-state index contributed by atoms with van der Waals surface area (Å²) in [7, 11) is 0. The molecule has 0 aromatic heterocycles. The molecular formula is C12H26N2. The minimum atomic E-state index is 0.632. The van der Waals surface area contributed by atoms with Gasteiger partial charge in [-0.15, -0.1) is 0 Å². The highest BCUT2D eigenvalue weighted by Crippen LogP contribution is 2.20. The number of hydrogen-bond donors (Lipinski definition) is 1. The molecule has 2 N–H and O–H groups in total. The third-order valence-corrected chi connectivity index (χ3v) is 3.47. The van der Waals surface area contributed by atoms with Crippen molar-refractivity contribution in [1.82, 2.24) is 4.90 Å². The van der Waals surface area contributed by atoms with Crippen molar-refractivity contribution < 1.29 is 0 Å². The second-order valence-electron chi connectivity index (χ2n) is 4.61. The van der Waals surface area contributed by atoms with Gasteiger partial charge >= 0.3 is 0 Å². The van der Waals surface area contributed by atoms with Gasteiger partial charge in [0, 0.05) is 18.6 Å². The summed E-state index contributed by atoms with van der Waals surface area (Å²) < 4.78 is 0. The van der Waals surface area contributed by atoms with Crippen LogP contribution in [0.25, 0.3) is 0 Å². The first kappa shape index (κ1) is 12.0. The van der Waals surface area contributed by atoms with E-state index in [9.17, 15) is 0 Å². The largest absolute Gasteiger partial charge is 0.329 e. The molecule has 1 aliphatic rings. The zero-order chi connectivity index (χ0) is 10.4. The van der Waals surface area contributed by atoms with Crippen LogP contribution in [0.15, 0.2) is 0 Å². The van der Waals surface area contributed by atoms with Crippen LogP contribution in [0, 0.1) is 0 Å². The minimum Gasteiger partial charge on any atom is -0.329 e. The molecular weight excluding hydrogens is 172 g/mol. The summed E-state index contributed by atoms with van der Waals surface area (Å²) >= 11 is 0. The molecule has 1 fully saturated rings. The minimum absolute atomic E-state index is 0.632. The second kappa shape index (κ2) is 6.41. The van der Waals surface area contributed by atoms with Gasteiger partial charge in [-0.25, -0.2) is 0 Å². The van der Waals surface area contributed by atoms with Crippen LogP contribution < -0.4 is 5.73 Å². The number of nitrogens with zero attached hydrogens (tertiary/aromatic N) is 1. The lowest BCUT2D eigenvalue weighted by molar-refractivity contribution is 0.142. The fourth-order valence-corrected chi connectivity index (χ4v) is 2.59. The molecule has 0 aromatic rings. The fourth-order valence-electron chi connectivity index (χ4n) is 2.59. The number of hydrogen-bond acceptors (Lipinski definition) is 2. The Morgan fingerprint density at radius 2 is 2.14 bits per heavy atom. The molecule has 2 heteroatoms. The maximum Gasteiger partial charge on any atom is 0.0221 e. The maximum atomic E-state index is 5.86. The third-order valence-electron chi connectivity index (χ3n) is 3.47. The van der Waals surface area contributed by atoms with E-state index in [1.54, 1.807) is 0 Å². The molecule has 0 bridgehead atoms. The summed E-state index contributed by atoms with van der Waals surface area (Å²) in [5.41, 5.74) is 5.86. The van der Waals surface area contributed by atoms with E-state index in [1.165, 1.54) is 45.1 Å². The van der Waals surface area contributed by atoms with Crippen LogP contribution in [0.3, 0.4) is 0 Å². The summed E-state index contributed by atoms with van der Waals surface area (Å²) in [6.07, 6.45) is 8.06. The number of rotatable bonds is 4. The predicted octanol–water partition coefficient (Wildman–Crippen LogP) is 2.38. The number of nitrogens with two attached hydrogens (primary N) is 1. The van der Waals surface area contributed by atoms with Crippen molar-refractivity contribution in [3.05, 3.63) is 0 Å². The zero-order valence-electron chi connectivity index (χ0n) is 9.84. The standard InChI is InChI=1S/C12H26N2/c1-3-7-12(10-13)14-9-6-4-5-8-11(14)2/h11-12H,3-10,13H2,1-2H3. The molecule has 0 amide bonds. The molecule has 2 nitrogen and oxygen atoms in total. The Bertz CT molecular complexity index is 147. The lowest BCUT2D eigenvalue weighted by atomic mass is 10.1. The molecule has 1 heterocycles. The van der Waals surface area contributed by atoms with Crippen molar-refractivity contribution in [1.29, 1.82) is 0 Å². The van der Waals surface area contributed by atoms with Crippen molar-refractivity contribution in [3.63, 3.8) is 0 Å². The third kappa shape index (κ3) is 3.25. The Kier molecular flexibility index (Phi) is 5.49. The van der Waals surface area contributed by atoms with Crippen LogP contribution in [-0.4, -0.2) is 30.1 Å². The first-order chi connectivity index (χ1) is 6.79. The van der Waals surface area contributed by atoms with Crippen LogP contribution in [-0.2, 0) is 0 Å². The van der Waals surface area contributed by atoms with Crippen molar-refractivity contribution in [3.8, 4) is 0 Å². The zero-order valence-corrected chi connectivity index (χ0v) is 9.84. The average Bonchev–Trinajstić information content (AvgIpc) is 2.40. The topological polar surface area (TPSA) is 29.3 Å². The smallest absolute Gasteiger partial charge is 0.0221 e. The first-order valence-corrected chi connectivity index (χ1v) is 6.25. The fraction of sp³-hybridized carbons (Fsp3) is 1.00. The molecule has 0 aromatic carbocycles. The summed E-state index contributed by atoms with van der Waals surface area (Å²) in [5.74, 6) is 0. The van der Waals surface area contributed by atoms with E-state index in [4.69, 9.17) is 5.73 Å². The van der Waals surface area contributed by atoms with E-state index in [1.807, 2.05) is 0 Å². The van der Waals surface area contributed by atoms with Gasteiger partial charge in [0.05, 0.1) is 0 Å². The van der Waals surface area contributed by atoms with E-state index in [-0.39, 0.29) is 0 Å². The Morgan fingerprint density at radius 3 is 2.79 bits per heavy atom. The van der Waals surface area contributed by atoms with E-state index >= 15 is 0 Å². The monoisotopic (exact) mass is 198 g/mol. The number of likely N-dealkylation sites (tertiary alicyclic amines) is 1. The normalized spacial score (nSPS) is 27.2. The lowest BCUT2D eigenvalue weighted by Crippen LogP contribution is -2.45. The summed E-state index contributed by atoms with van der Waals surface area (Å²) in [5, 5.41) is 0. The summed E-state index contributed by atoms with van der Waals surface area (Å²) in [6.45, 7) is 6.72. The Hall–Kier alpha value is -0.0800. The van der Waals surface area contributed by atoms with Crippen molar-refractivity contribution in [2.45, 2.75) is 64.5 Å². The average molecular weight is 198 g/mol. The van der Waals surface area contributed by atoms with Gasteiger partial charge in [-0.05, 0) is 32.7 Å². The van der Waals surface area contributed by atoms with Gasteiger partial charge in [0.2, 0.25) is 0 Å². The molecule has 0 spiro atoms. The van der Waals surface area contributed by atoms with E-state index in [0.717, 1.165) is 12.6 Å². The van der Waals surface area contributed by atoms with Crippen molar-refractivity contribution in [2.75, 3.05) is 13.1 Å². The van der Waals surface area contributed by atoms with Gasteiger partial charge in [0.1, 0.15) is 0 Å². The Morgan fingerprint density at radius 1 is 1.36 bits per heavy atom. The van der Waals surface area contributed by atoms with Crippen LogP contribution in [0.4, 0.5) is 0 Å². The van der Waals surface area contributed by atoms with Gasteiger partial charge in [0.25, 0.3) is 0 Å². The molecule has 2 unspecified atom stereocenters. The van der Waals surface area contributed by atoms with Gasteiger partial charge < -0.3 is 5.73 Å². The van der Waals surface area contributed by atoms with Crippen LogP contribution in [0.5, 0.6) is 0 Å². The second-order valence-corrected chi connectivity index (χ2v) is 4.61. The maximum absolute atomic E-state index is 5.86. The highest BCUT2D eigenvalue weighted by molar-refractivity contribution is 4.79. The molecule has 2 atom stereocenters. The summed E-state index contributed by atoms with van der Waals surface area (Å²) in [4.78, 5) is 2.65. The lowest BCUT2D eigenvalue weighted by Gasteiger charge is -2.34. The molecule has 0 aliphatic carbocycles. The molecule has 1 saturated heterocycles. The molecule has 0 saturated carbocycles. The van der Waals surface area contributed by atoms with Crippen LogP contribution in [0.1, 0.15) is 52.4 Å². The molecule has 1 rings (SSSR count). The van der Waals surface area contributed by atoms with Crippen molar-refractivity contribution >= 4 is 0 Å². The first-order valence-electron chi connectivity index (χ1n) is 6.25. The quantitative estimate of drug-likeness (QED) is 0.751. The highest BCUT2D eigenvalue weighted by atomic mass is 15.2. The van der Waals surface area contributed by atoms with E-state index in [0.29, 0.717) is 6.04 Å². The van der Waals surface area contributed by atoms with E-state index < -0.39 is 0 Å². The van der Waals surface area contributed by atoms with Gasteiger partial charge in [-0.3, -0.25) is 4.90 Å².